The summed E-state index contributed by atoms with van der Waals surface area (Å²) in [4.78, 5) is 0. The molecule has 0 aliphatic carbocycles. The van der Waals surface area contributed by atoms with Crippen LogP contribution in [-0.4, -0.2) is 6.54 Å². The molecule has 1 unspecified atom stereocenters. The molecule has 0 saturated carbocycles. The lowest BCUT2D eigenvalue weighted by Crippen LogP contribution is -2.24. The van der Waals surface area contributed by atoms with Crippen molar-refractivity contribution in [3.8, 4) is 0 Å². The minimum Gasteiger partial charge on any atom is -0.306 e. The Balaban J connectivity index is 2.53. The van der Waals surface area contributed by atoms with Crippen LogP contribution in [0.2, 0.25) is 0 Å². The zero-order valence-electron chi connectivity index (χ0n) is 12.4. The highest BCUT2D eigenvalue weighted by atomic mass is 19.1. The summed E-state index contributed by atoms with van der Waals surface area (Å²) in [6.45, 7) is 6.98. The Morgan fingerprint density at radius 1 is 1.05 bits per heavy atom. The molecule has 2 heteroatoms. The van der Waals surface area contributed by atoms with Crippen LogP contribution in [0.25, 0.3) is 0 Å². The third-order valence-corrected chi connectivity index (χ3v) is 3.62. The number of aryl methyl sites for hydroxylation is 2. The minimum absolute atomic E-state index is 0.0870. The molecule has 0 aromatic heterocycles. The molecule has 20 heavy (non-hydrogen) atoms. The lowest BCUT2D eigenvalue weighted by atomic mass is 9.92. The van der Waals surface area contributed by atoms with E-state index < -0.39 is 0 Å². The van der Waals surface area contributed by atoms with Gasteiger partial charge in [0.1, 0.15) is 5.82 Å². The molecule has 0 bridgehead atoms. The maximum atomic E-state index is 14.2. The molecule has 0 aliphatic rings. The lowest BCUT2D eigenvalue weighted by Gasteiger charge is -2.22. The Morgan fingerprint density at radius 3 is 2.50 bits per heavy atom. The van der Waals surface area contributed by atoms with Crippen molar-refractivity contribution in [3.05, 3.63) is 70.5 Å². The predicted octanol–water partition coefficient (Wildman–Crippen LogP) is 4.40. The first-order valence-corrected chi connectivity index (χ1v) is 7.24. The van der Waals surface area contributed by atoms with Gasteiger partial charge in [-0.3, -0.25) is 0 Å². The SMILES string of the molecule is CCNC(c1cc(C)ccc1F)c1ccccc1CC. The first-order chi connectivity index (χ1) is 9.67. The Hall–Kier alpha value is -1.67. The van der Waals surface area contributed by atoms with E-state index >= 15 is 0 Å². The molecule has 0 spiro atoms. The number of hydrogen-bond acceptors (Lipinski definition) is 1. The Morgan fingerprint density at radius 2 is 1.80 bits per heavy atom. The predicted molar refractivity (Wildman–Crippen MR) is 82.5 cm³/mol. The number of rotatable bonds is 5. The van der Waals surface area contributed by atoms with Crippen LogP contribution in [0.4, 0.5) is 4.39 Å². The van der Waals surface area contributed by atoms with Crippen LogP contribution >= 0.6 is 0 Å². The van der Waals surface area contributed by atoms with Gasteiger partial charge in [-0.1, -0.05) is 55.8 Å². The van der Waals surface area contributed by atoms with Crippen LogP contribution in [-0.2, 0) is 6.42 Å². The van der Waals surface area contributed by atoms with Crippen molar-refractivity contribution in [2.45, 2.75) is 33.2 Å². The zero-order chi connectivity index (χ0) is 14.5. The van der Waals surface area contributed by atoms with Crippen molar-refractivity contribution in [2.75, 3.05) is 6.54 Å². The summed E-state index contributed by atoms with van der Waals surface area (Å²) in [5, 5.41) is 3.42. The number of benzene rings is 2. The summed E-state index contributed by atoms with van der Waals surface area (Å²) >= 11 is 0. The molecule has 2 aromatic rings. The molecule has 106 valence electrons. The van der Waals surface area contributed by atoms with Crippen molar-refractivity contribution < 1.29 is 4.39 Å². The lowest BCUT2D eigenvalue weighted by molar-refractivity contribution is 0.556. The van der Waals surface area contributed by atoms with E-state index in [1.165, 1.54) is 11.1 Å². The Kier molecular flexibility index (Phi) is 4.91. The molecule has 0 radical (unpaired) electrons. The van der Waals surface area contributed by atoms with Crippen molar-refractivity contribution in [3.63, 3.8) is 0 Å². The van der Waals surface area contributed by atoms with Crippen LogP contribution in [0.3, 0.4) is 0 Å². The summed E-state index contributed by atoms with van der Waals surface area (Å²) in [5.41, 5.74) is 4.24. The Bertz CT molecular complexity index is 577. The van der Waals surface area contributed by atoms with Gasteiger partial charge in [0.2, 0.25) is 0 Å². The molecule has 1 nitrogen and oxygen atoms in total. The molecule has 0 fully saturated rings. The van der Waals surface area contributed by atoms with Gasteiger partial charge in [0.05, 0.1) is 6.04 Å². The molecular weight excluding hydrogens is 249 g/mol. The number of hydrogen-bond donors (Lipinski definition) is 1. The molecule has 1 N–H and O–H groups in total. The third-order valence-electron chi connectivity index (χ3n) is 3.62. The second-order valence-corrected chi connectivity index (χ2v) is 5.07. The minimum atomic E-state index is -0.146. The molecule has 2 aromatic carbocycles. The van der Waals surface area contributed by atoms with E-state index in [1.807, 2.05) is 31.2 Å². The summed E-state index contributed by atoms with van der Waals surface area (Å²) < 4.78 is 14.2. The van der Waals surface area contributed by atoms with Crippen LogP contribution in [0, 0.1) is 12.7 Å². The van der Waals surface area contributed by atoms with Crippen LogP contribution < -0.4 is 5.32 Å². The van der Waals surface area contributed by atoms with Gasteiger partial charge in [-0.25, -0.2) is 4.39 Å². The quantitative estimate of drug-likeness (QED) is 0.850. The second kappa shape index (κ2) is 6.67. The third kappa shape index (κ3) is 3.07. The van der Waals surface area contributed by atoms with Gasteiger partial charge >= 0.3 is 0 Å². The van der Waals surface area contributed by atoms with E-state index in [1.54, 1.807) is 6.07 Å². The first-order valence-electron chi connectivity index (χ1n) is 7.24. The standard InChI is InChI=1S/C18H22FN/c1-4-14-8-6-7-9-15(14)18(20-5-2)16-12-13(3)10-11-17(16)19/h6-12,18,20H,4-5H2,1-3H3. The van der Waals surface area contributed by atoms with Crippen molar-refractivity contribution in [1.82, 2.24) is 5.32 Å². The summed E-state index contributed by atoms with van der Waals surface area (Å²) in [6.07, 6.45) is 0.950. The van der Waals surface area contributed by atoms with Gasteiger partial charge in [-0.05, 0) is 37.1 Å². The fourth-order valence-electron chi connectivity index (χ4n) is 2.61. The molecule has 0 amide bonds. The highest BCUT2D eigenvalue weighted by molar-refractivity contribution is 5.39. The van der Waals surface area contributed by atoms with E-state index in [2.05, 4.69) is 31.3 Å². The highest BCUT2D eigenvalue weighted by Gasteiger charge is 2.19. The average molecular weight is 271 g/mol. The Labute approximate surface area is 120 Å². The molecule has 0 heterocycles. The molecule has 0 aliphatic heterocycles. The summed E-state index contributed by atoms with van der Waals surface area (Å²) in [6, 6.07) is 13.5. The van der Waals surface area contributed by atoms with Crippen LogP contribution in [0.1, 0.15) is 42.1 Å². The zero-order valence-corrected chi connectivity index (χ0v) is 12.4. The van der Waals surface area contributed by atoms with Gasteiger partial charge in [0, 0.05) is 5.56 Å². The van der Waals surface area contributed by atoms with Crippen molar-refractivity contribution >= 4 is 0 Å². The first kappa shape index (κ1) is 14.7. The van der Waals surface area contributed by atoms with Gasteiger partial charge in [0.25, 0.3) is 0 Å². The largest absolute Gasteiger partial charge is 0.306 e. The maximum absolute atomic E-state index is 14.2. The van der Waals surface area contributed by atoms with E-state index in [-0.39, 0.29) is 11.9 Å². The summed E-state index contributed by atoms with van der Waals surface area (Å²) in [5.74, 6) is -0.146. The normalized spacial score (nSPS) is 12.4. The van der Waals surface area contributed by atoms with E-state index in [4.69, 9.17) is 0 Å². The smallest absolute Gasteiger partial charge is 0.128 e. The maximum Gasteiger partial charge on any atom is 0.128 e. The molecule has 1 atom stereocenters. The molecular formula is C18H22FN. The molecule has 2 rings (SSSR count). The van der Waals surface area contributed by atoms with E-state index in [0.29, 0.717) is 0 Å². The fraction of sp³-hybridized carbons (Fsp3) is 0.333. The number of nitrogens with one attached hydrogen (secondary N) is 1. The molecule has 0 saturated heterocycles. The average Bonchev–Trinajstić information content (AvgIpc) is 2.47. The van der Waals surface area contributed by atoms with Gasteiger partial charge in [-0.15, -0.1) is 0 Å². The monoisotopic (exact) mass is 271 g/mol. The fourth-order valence-corrected chi connectivity index (χ4v) is 2.61. The van der Waals surface area contributed by atoms with Gasteiger partial charge in [0.15, 0.2) is 0 Å². The topological polar surface area (TPSA) is 12.0 Å². The number of halogens is 1. The van der Waals surface area contributed by atoms with E-state index in [9.17, 15) is 4.39 Å². The van der Waals surface area contributed by atoms with Gasteiger partial charge in [-0.2, -0.15) is 0 Å². The summed E-state index contributed by atoms with van der Waals surface area (Å²) in [7, 11) is 0. The van der Waals surface area contributed by atoms with Crippen LogP contribution in [0.5, 0.6) is 0 Å². The second-order valence-electron chi connectivity index (χ2n) is 5.07. The van der Waals surface area contributed by atoms with Gasteiger partial charge < -0.3 is 5.32 Å². The van der Waals surface area contributed by atoms with E-state index in [0.717, 1.165) is 24.1 Å². The van der Waals surface area contributed by atoms with Crippen molar-refractivity contribution in [2.24, 2.45) is 0 Å². The van der Waals surface area contributed by atoms with Crippen molar-refractivity contribution in [1.29, 1.82) is 0 Å². The highest BCUT2D eigenvalue weighted by Crippen LogP contribution is 2.28. The van der Waals surface area contributed by atoms with Crippen LogP contribution in [0.15, 0.2) is 42.5 Å².